The molecule has 1 aliphatic carbocycles. The van der Waals surface area contributed by atoms with Gasteiger partial charge < -0.3 is 27.5 Å². The van der Waals surface area contributed by atoms with Crippen LogP contribution in [0, 0.1) is 0 Å². The molecule has 372 valence electrons. The molecular formula is C72H50N2O4. The molecule has 78 heavy (non-hydrogen) atoms. The first-order valence-electron chi connectivity index (χ1n) is 27.3. The lowest BCUT2D eigenvalue weighted by molar-refractivity contribution is 0.475. The quantitative estimate of drug-likeness (QED) is 0.148. The molecule has 0 N–H and O–H groups in total. The summed E-state index contributed by atoms with van der Waals surface area (Å²) in [6.07, 6.45) is 1.91. The zero-order valence-electron chi connectivity index (χ0n) is 43.6. The molecule has 17 rings (SSSR count). The van der Waals surface area contributed by atoms with Gasteiger partial charge >= 0.3 is 0 Å². The minimum Gasteiger partial charge on any atom is -0.454 e. The summed E-state index contributed by atoms with van der Waals surface area (Å²) in [5.74, 6) is 0.176. The molecule has 0 bridgehead atoms. The normalized spacial score (nSPS) is 13.8. The second kappa shape index (κ2) is 15.8. The van der Waals surface area contributed by atoms with E-state index in [1.54, 1.807) is 0 Å². The maximum Gasteiger partial charge on any atom is 0.159 e. The van der Waals surface area contributed by atoms with Gasteiger partial charge in [-0.15, -0.1) is 0 Å². The third-order valence-electron chi connectivity index (χ3n) is 17.4. The Balaban J connectivity index is 1.04. The average molecular weight is 1010 g/mol. The van der Waals surface area contributed by atoms with Crippen molar-refractivity contribution in [3.8, 4) is 0 Å². The van der Waals surface area contributed by atoms with Crippen molar-refractivity contribution in [2.24, 2.45) is 0 Å². The van der Waals surface area contributed by atoms with Gasteiger partial charge in [0.05, 0.1) is 34.1 Å². The number of aryl methyl sites for hydroxylation is 1. The Bertz CT molecular complexity index is 4970. The van der Waals surface area contributed by atoms with Gasteiger partial charge in [-0.2, -0.15) is 0 Å². The Kier molecular flexibility index (Phi) is 8.84. The number of furan rings is 4. The molecule has 0 atom stereocenters. The molecule has 0 unspecified atom stereocenters. The fourth-order valence-electron chi connectivity index (χ4n) is 13.7. The van der Waals surface area contributed by atoms with Crippen LogP contribution < -0.4 is 9.80 Å². The van der Waals surface area contributed by atoms with Crippen molar-refractivity contribution in [3.63, 3.8) is 0 Å². The first-order valence-corrected chi connectivity index (χ1v) is 27.3. The average Bonchev–Trinajstić information content (AvgIpc) is 3.77. The highest BCUT2D eigenvalue weighted by Crippen LogP contribution is 2.57. The summed E-state index contributed by atoms with van der Waals surface area (Å²) in [4.78, 5) is 4.90. The van der Waals surface area contributed by atoms with Crippen LogP contribution in [-0.2, 0) is 11.8 Å². The van der Waals surface area contributed by atoms with Gasteiger partial charge in [0.25, 0.3) is 0 Å². The molecule has 12 aromatic carbocycles. The van der Waals surface area contributed by atoms with Crippen molar-refractivity contribution < 1.29 is 17.7 Å². The van der Waals surface area contributed by atoms with E-state index >= 15 is 0 Å². The molecule has 16 aromatic rings. The van der Waals surface area contributed by atoms with Crippen LogP contribution in [0.25, 0.3) is 120 Å². The molecule has 0 radical (unpaired) electrons. The Morgan fingerprint density at radius 3 is 1.15 bits per heavy atom. The van der Waals surface area contributed by atoms with E-state index in [0.717, 1.165) is 140 Å². The van der Waals surface area contributed by atoms with Gasteiger partial charge in [0.15, 0.2) is 22.3 Å². The van der Waals surface area contributed by atoms with Crippen LogP contribution in [0.1, 0.15) is 56.7 Å². The molecule has 0 spiro atoms. The summed E-state index contributed by atoms with van der Waals surface area (Å²) < 4.78 is 28.0. The Hall–Kier alpha value is -9.52. The predicted octanol–water partition coefficient (Wildman–Crippen LogP) is 21.5. The van der Waals surface area contributed by atoms with Crippen LogP contribution in [0.3, 0.4) is 0 Å². The number of nitrogens with zero attached hydrogens (tertiary/aromatic N) is 2. The SMILES string of the molecule is CC(C)c1cc(N(c2cccc3c2oc2ccccc23)c2cccc3c2oc2ccccc23)c2cc3c4c(cc(N(c5cccc6c5oc5ccccc56)c5cccc6c5oc5ccccc56)c5ccc1c2c54)CCC3(C)C. The maximum atomic E-state index is 7.02. The van der Waals surface area contributed by atoms with Crippen LogP contribution in [0.15, 0.2) is 218 Å². The van der Waals surface area contributed by atoms with Gasteiger partial charge in [0.1, 0.15) is 22.3 Å². The number of rotatable bonds is 7. The minimum absolute atomic E-state index is 0.142. The molecule has 6 heteroatoms. The summed E-state index contributed by atoms with van der Waals surface area (Å²) in [7, 11) is 0. The van der Waals surface area contributed by atoms with E-state index in [4.69, 9.17) is 17.7 Å². The molecular weight excluding hydrogens is 957 g/mol. The largest absolute Gasteiger partial charge is 0.454 e. The van der Waals surface area contributed by atoms with Gasteiger partial charge in [0.2, 0.25) is 0 Å². The van der Waals surface area contributed by atoms with Gasteiger partial charge in [-0.25, -0.2) is 0 Å². The topological polar surface area (TPSA) is 59.0 Å². The summed E-state index contributed by atoms with van der Waals surface area (Å²) >= 11 is 0. The molecule has 0 aliphatic heterocycles. The highest BCUT2D eigenvalue weighted by atomic mass is 16.3. The first kappa shape index (κ1) is 43.7. The van der Waals surface area contributed by atoms with Crippen molar-refractivity contribution in [3.05, 3.63) is 217 Å². The number of hydrogen-bond donors (Lipinski definition) is 0. The third kappa shape index (κ3) is 5.92. The van der Waals surface area contributed by atoms with E-state index in [1.165, 1.54) is 43.6 Å². The second-order valence-corrected chi connectivity index (χ2v) is 22.5. The molecule has 4 heterocycles. The van der Waals surface area contributed by atoms with Crippen LogP contribution >= 0.6 is 0 Å². The second-order valence-electron chi connectivity index (χ2n) is 22.5. The molecule has 0 amide bonds. The number of benzene rings is 12. The third-order valence-corrected chi connectivity index (χ3v) is 17.4. The molecule has 1 aliphatic rings. The molecule has 0 saturated heterocycles. The van der Waals surface area contributed by atoms with Crippen LogP contribution in [0.4, 0.5) is 34.1 Å². The summed E-state index contributed by atoms with van der Waals surface area (Å²) in [6.45, 7) is 9.54. The molecule has 0 fully saturated rings. The van der Waals surface area contributed by atoms with Crippen molar-refractivity contribution in [1.82, 2.24) is 0 Å². The van der Waals surface area contributed by atoms with Crippen molar-refractivity contribution >= 4 is 154 Å². The van der Waals surface area contributed by atoms with Crippen LogP contribution in [0.2, 0.25) is 0 Å². The zero-order valence-corrected chi connectivity index (χ0v) is 43.6. The lowest BCUT2D eigenvalue weighted by atomic mass is 9.70. The Labute approximate surface area is 448 Å². The standard InChI is InChI=1S/C72H50N2O4/c1-40(2)52-39-60(74(57-27-15-23-49-44-19-7-11-31-63(44)77-70(49)57)58-28-16-24-50-45-20-8-12-32-64(45)78-71(50)58)53-38-54-65-41(35-36-72(54,3)4)37-59(51-34-33-46(52)66(53)67(51)65)73(55-25-13-21-47-42-17-5-9-29-61(42)75-68(47)55)56-26-14-22-48-43-18-6-10-30-62(43)76-69(48)56/h5-34,37-40H,35-36H2,1-4H3. The van der Waals surface area contributed by atoms with E-state index in [-0.39, 0.29) is 11.3 Å². The summed E-state index contributed by atoms with van der Waals surface area (Å²) in [5, 5.41) is 16.1. The van der Waals surface area contributed by atoms with Gasteiger partial charge in [0, 0.05) is 59.2 Å². The number of fused-ring (bicyclic) bond motifs is 12. The smallest absolute Gasteiger partial charge is 0.159 e. The summed E-state index contributed by atoms with van der Waals surface area (Å²) in [5.41, 5.74) is 16.5. The summed E-state index contributed by atoms with van der Waals surface area (Å²) in [6, 6.07) is 72.2. The molecule has 4 aromatic heterocycles. The van der Waals surface area contributed by atoms with Gasteiger partial charge in [-0.3, -0.25) is 0 Å². The van der Waals surface area contributed by atoms with Crippen LogP contribution in [-0.4, -0.2) is 0 Å². The zero-order chi connectivity index (χ0) is 51.7. The monoisotopic (exact) mass is 1010 g/mol. The Morgan fingerprint density at radius 1 is 0.346 bits per heavy atom. The van der Waals surface area contributed by atoms with E-state index in [9.17, 15) is 0 Å². The van der Waals surface area contributed by atoms with Gasteiger partial charge in [-0.1, -0.05) is 161 Å². The Morgan fingerprint density at radius 2 is 0.731 bits per heavy atom. The van der Waals surface area contributed by atoms with Gasteiger partial charge in [-0.05, 0) is 124 Å². The van der Waals surface area contributed by atoms with E-state index < -0.39 is 0 Å². The highest BCUT2D eigenvalue weighted by Gasteiger charge is 2.36. The minimum atomic E-state index is -0.142. The van der Waals surface area contributed by atoms with E-state index in [0.29, 0.717) is 0 Å². The van der Waals surface area contributed by atoms with E-state index in [1.807, 2.05) is 0 Å². The predicted molar refractivity (Wildman–Crippen MR) is 324 cm³/mol. The fourth-order valence-corrected chi connectivity index (χ4v) is 13.7. The lowest BCUT2D eigenvalue weighted by Crippen LogP contribution is -2.24. The van der Waals surface area contributed by atoms with Crippen molar-refractivity contribution in [2.75, 3.05) is 9.80 Å². The highest BCUT2D eigenvalue weighted by molar-refractivity contribution is 6.31. The lowest BCUT2D eigenvalue weighted by Gasteiger charge is -2.37. The fraction of sp³-hybridized carbons (Fsp3) is 0.111. The number of hydrogen-bond acceptors (Lipinski definition) is 6. The van der Waals surface area contributed by atoms with E-state index in [2.05, 4.69) is 238 Å². The molecule has 6 nitrogen and oxygen atoms in total. The first-order chi connectivity index (χ1) is 38.3. The number of para-hydroxylation sites is 8. The molecule has 0 saturated carbocycles. The number of anilines is 6. The maximum absolute atomic E-state index is 7.02. The van der Waals surface area contributed by atoms with Crippen LogP contribution in [0.5, 0.6) is 0 Å². The van der Waals surface area contributed by atoms with Crippen molar-refractivity contribution in [1.29, 1.82) is 0 Å². The van der Waals surface area contributed by atoms with Crippen molar-refractivity contribution in [2.45, 2.75) is 51.9 Å².